The number of halogens is 1. The van der Waals surface area contributed by atoms with Crippen LogP contribution in [-0.2, 0) is 23.6 Å². The quantitative estimate of drug-likeness (QED) is 0.660. The standard InChI is InChI=1S/C20H30ClN5O3S/c1-12(2)16-8-14(21)9-17(13(3)4)19(16)22-20(27)24-30(28,29)18-10-15(11-25(5)6)26(7)23-18/h8-10,12-13H,11H2,1-7H3,(H2,22,24,27). The van der Waals surface area contributed by atoms with Gasteiger partial charge >= 0.3 is 6.03 Å². The van der Waals surface area contributed by atoms with Gasteiger partial charge in [0.2, 0.25) is 0 Å². The number of aromatic nitrogens is 2. The number of nitrogens with one attached hydrogen (secondary N) is 2. The topological polar surface area (TPSA) is 96.3 Å². The van der Waals surface area contributed by atoms with E-state index in [0.29, 0.717) is 22.9 Å². The number of sulfonamides is 1. The highest BCUT2D eigenvalue weighted by molar-refractivity contribution is 7.90. The minimum absolute atomic E-state index is 0.0810. The molecule has 0 fully saturated rings. The summed E-state index contributed by atoms with van der Waals surface area (Å²) in [6.45, 7) is 8.45. The second-order valence-corrected chi connectivity index (χ2v) is 10.2. The molecule has 30 heavy (non-hydrogen) atoms. The maximum atomic E-state index is 12.7. The van der Waals surface area contributed by atoms with Crippen LogP contribution in [0.4, 0.5) is 10.5 Å². The van der Waals surface area contributed by atoms with Gasteiger partial charge in [0.15, 0.2) is 5.03 Å². The molecule has 166 valence electrons. The van der Waals surface area contributed by atoms with E-state index in [4.69, 9.17) is 11.6 Å². The number of carbonyl (C=O) groups is 1. The summed E-state index contributed by atoms with van der Waals surface area (Å²) >= 11 is 6.25. The van der Waals surface area contributed by atoms with Gasteiger partial charge in [0.1, 0.15) is 0 Å². The van der Waals surface area contributed by atoms with E-state index < -0.39 is 16.1 Å². The van der Waals surface area contributed by atoms with E-state index in [2.05, 4.69) is 15.1 Å². The molecule has 2 aromatic rings. The summed E-state index contributed by atoms with van der Waals surface area (Å²) in [5.41, 5.74) is 2.96. The Morgan fingerprint density at radius 2 is 1.67 bits per heavy atom. The number of hydrogen-bond donors (Lipinski definition) is 2. The van der Waals surface area contributed by atoms with E-state index in [1.807, 2.05) is 46.7 Å². The summed E-state index contributed by atoms with van der Waals surface area (Å²) in [5.74, 6) is 0.162. The molecule has 0 bridgehead atoms. The molecular formula is C20H30ClN5O3S. The zero-order valence-corrected chi connectivity index (χ0v) is 20.0. The predicted molar refractivity (Wildman–Crippen MR) is 120 cm³/mol. The molecule has 1 heterocycles. The fourth-order valence-corrected chi connectivity index (χ4v) is 4.25. The highest BCUT2D eigenvalue weighted by Crippen LogP contribution is 2.35. The van der Waals surface area contributed by atoms with Crippen molar-refractivity contribution in [3.8, 4) is 0 Å². The molecule has 0 aliphatic rings. The number of carbonyl (C=O) groups excluding carboxylic acids is 1. The van der Waals surface area contributed by atoms with Crippen molar-refractivity contribution in [2.75, 3.05) is 19.4 Å². The molecule has 0 aliphatic carbocycles. The van der Waals surface area contributed by atoms with Crippen molar-refractivity contribution >= 4 is 33.3 Å². The largest absolute Gasteiger partial charge is 0.333 e. The summed E-state index contributed by atoms with van der Waals surface area (Å²) in [4.78, 5) is 14.5. The second-order valence-electron chi connectivity index (χ2n) is 8.16. The van der Waals surface area contributed by atoms with E-state index in [1.165, 1.54) is 10.7 Å². The van der Waals surface area contributed by atoms with Gasteiger partial charge in [-0.05, 0) is 49.2 Å². The van der Waals surface area contributed by atoms with Crippen molar-refractivity contribution in [2.24, 2.45) is 7.05 Å². The van der Waals surface area contributed by atoms with Crippen molar-refractivity contribution in [3.63, 3.8) is 0 Å². The van der Waals surface area contributed by atoms with Crippen molar-refractivity contribution < 1.29 is 13.2 Å². The Kier molecular flexibility index (Phi) is 7.54. The van der Waals surface area contributed by atoms with Crippen LogP contribution >= 0.6 is 11.6 Å². The van der Waals surface area contributed by atoms with Gasteiger partial charge in [-0.1, -0.05) is 39.3 Å². The van der Waals surface area contributed by atoms with Crippen molar-refractivity contribution in [3.05, 3.63) is 40.0 Å². The van der Waals surface area contributed by atoms with Crippen LogP contribution in [0.3, 0.4) is 0 Å². The molecular weight excluding hydrogens is 426 g/mol. The number of benzene rings is 1. The van der Waals surface area contributed by atoms with Crippen molar-refractivity contribution in [1.29, 1.82) is 0 Å². The lowest BCUT2D eigenvalue weighted by atomic mass is 9.92. The third kappa shape index (κ3) is 5.74. The summed E-state index contributed by atoms with van der Waals surface area (Å²) < 4.78 is 28.9. The van der Waals surface area contributed by atoms with Gasteiger partial charge in [-0.15, -0.1) is 0 Å². The molecule has 0 spiro atoms. The molecule has 0 atom stereocenters. The number of aryl methyl sites for hydroxylation is 1. The average molecular weight is 456 g/mol. The van der Waals surface area contributed by atoms with E-state index in [1.54, 1.807) is 19.2 Å². The second kappa shape index (κ2) is 9.36. The summed E-state index contributed by atoms with van der Waals surface area (Å²) in [7, 11) is 1.28. The zero-order valence-electron chi connectivity index (χ0n) is 18.4. The number of rotatable bonds is 7. The van der Waals surface area contributed by atoms with Crippen LogP contribution in [0.25, 0.3) is 0 Å². The van der Waals surface area contributed by atoms with Gasteiger partial charge in [-0.3, -0.25) is 4.68 Å². The third-order valence-corrected chi connectivity index (χ3v) is 6.00. The van der Waals surface area contributed by atoms with Gasteiger partial charge in [0, 0.05) is 30.4 Å². The van der Waals surface area contributed by atoms with Crippen LogP contribution in [-0.4, -0.2) is 43.2 Å². The molecule has 8 nitrogen and oxygen atoms in total. The molecule has 2 amide bonds. The SMILES string of the molecule is CC(C)c1cc(Cl)cc(C(C)C)c1NC(=O)NS(=O)(=O)c1cc(CN(C)C)n(C)n1. The van der Waals surface area contributed by atoms with Gasteiger partial charge < -0.3 is 10.2 Å². The minimum Gasteiger partial charge on any atom is -0.307 e. The van der Waals surface area contributed by atoms with Crippen LogP contribution in [0.1, 0.15) is 56.4 Å². The maximum absolute atomic E-state index is 12.7. The first-order valence-electron chi connectivity index (χ1n) is 9.66. The molecule has 0 radical (unpaired) electrons. The molecule has 2 N–H and O–H groups in total. The zero-order chi connectivity index (χ0) is 22.8. The molecule has 0 saturated carbocycles. The Hall–Kier alpha value is -2.10. The van der Waals surface area contributed by atoms with E-state index >= 15 is 0 Å². The molecule has 1 aromatic heterocycles. The smallest absolute Gasteiger partial charge is 0.307 e. The van der Waals surface area contributed by atoms with Crippen molar-refractivity contribution in [2.45, 2.75) is 51.1 Å². The highest BCUT2D eigenvalue weighted by Gasteiger charge is 2.24. The molecule has 10 heteroatoms. The Labute approximate surface area is 183 Å². The number of nitrogens with zero attached hydrogens (tertiary/aromatic N) is 3. The molecule has 0 unspecified atom stereocenters. The van der Waals surface area contributed by atoms with Crippen molar-refractivity contribution in [1.82, 2.24) is 19.4 Å². The van der Waals surface area contributed by atoms with Gasteiger partial charge in [-0.25, -0.2) is 9.52 Å². The van der Waals surface area contributed by atoms with Crippen LogP contribution in [0.15, 0.2) is 23.2 Å². The monoisotopic (exact) mass is 455 g/mol. The summed E-state index contributed by atoms with van der Waals surface area (Å²) in [6, 6.07) is 4.18. The van der Waals surface area contributed by atoms with Gasteiger partial charge in [0.05, 0.1) is 5.69 Å². The first kappa shape index (κ1) is 24.2. The number of anilines is 1. The first-order valence-corrected chi connectivity index (χ1v) is 11.5. The number of amides is 2. The lowest BCUT2D eigenvalue weighted by Gasteiger charge is -2.21. The molecule has 2 rings (SSSR count). The molecule has 0 aliphatic heterocycles. The van der Waals surface area contributed by atoms with E-state index in [0.717, 1.165) is 11.1 Å². The fourth-order valence-electron chi connectivity index (χ4n) is 3.10. The number of hydrogen-bond acceptors (Lipinski definition) is 5. The van der Waals surface area contributed by atoms with Crippen LogP contribution in [0.5, 0.6) is 0 Å². The fraction of sp³-hybridized carbons (Fsp3) is 0.500. The highest BCUT2D eigenvalue weighted by atomic mass is 35.5. The average Bonchev–Trinajstić information content (AvgIpc) is 2.96. The molecule has 0 saturated heterocycles. The van der Waals surface area contributed by atoms with Crippen LogP contribution in [0, 0.1) is 0 Å². The predicted octanol–water partition coefficient (Wildman–Crippen LogP) is 3.89. The van der Waals surface area contributed by atoms with E-state index in [9.17, 15) is 13.2 Å². The van der Waals surface area contributed by atoms with Crippen LogP contribution < -0.4 is 10.0 Å². The first-order chi connectivity index (χ1) is 13.8. The van der Waals surface area contributed by atoms with Gasteiger partial charge in [0.25, 0.3) is 10.0 Å². The van der Waals surface area contributed by atoms with Crippen LogP contribution in [0.2, 0.25) is 5.02 Å². The van der Waals surface area contributed by atoms with Gasteiger partial charge in [-0.2, -0.15) is 13.5 Å². The number of urea groups is 1. The third-order valence-electron chi connectivity index (χ3n) is 4.58. The Bertz CT molecular complexity index is 1000. The summed E-state index contributed by atoms with van der Waals surface area (Å²) in [6.07, 6.45) is 0. The molecule has 1 aromatic carbocycles. The Balaban J connectivity index is 2.31. The normalized spacial score (nSPS) is 12.1. The maximum Gasteiger partial charge on any atom is 0.333 e. The summed E-state index contributed by atoms with van der Waals surface area (Å²) in [5, 5.41) is 7.12. The lowest BCUT2D eigenvalue weighted by Crippen LogP contribution is -2.35. The Morgan fingerprint density at radius 1 is 1.13 bits per heavy atom. The Morgan fingerprint density at radius 3 is 2.13 bits per heavy atom. The van der Waals surface area contributed by atoms with E-state index in [-0.39, 0.29) is 16.9 Å². The lowest BCUT2D eigenvalue weighted by molar-refractivity contribution is 0.256. The minimum atomic E-state index is -4.13.